The Morgan fingerprint density at radius 2 is 1.27 bits per heavy atom. The molecular weight excluding hydrogens is 274 g/mol. The number of hydrogen-bond acceptors (Lipinski definition) is 2. The predicted octanol–water partition coefficient (Wildman–Crippen LogP) is 4.94. The van der Waals surface area contributed by atoms with E-state index in [-0.39, 0.29) is 12.0 Å². The normalized spacial score (nSPS) is 13.1. The molecule has 132 valence electrons. The molecule has 0 aliphatic heterocycles. The molecule has 0 heterocycles. The lowest BCUT2D eigenvalue weighted by Crippen LogP contribution is -2.50. The Labute approximate surface area is 139 Å². The van der Waals surface area contributed by atoms with E-state index in [1.165, 1.54) is 57.8 Å². The first-order chi connectivity index (χ1) is 10.4. The van der Waals surface area contributed by atoms with Crippen molar-refractivity contribution in [3.63, 3.8) is 0 Å². The monoisotopic (exact) mass is 314 g/mol. The molecular formula is C19H40NO2+. The van der Waals surface area contributed by atoms with Crippen molar-refractivity contribution >= 4 is 5.97 Å². The van der Waals surface area contributed by atoms with E-state index in [2.05, 4.69) is 28.1 Å². The van der Waals surface area contributed by atoms with Crippen molar-refractivity contribution in [2.45, 2.75) is 90.5 Å². The molecule has 0 aliphatic carbocycles. The fraction of sp³-hybridized carbons (Fsp3) is 0.947. The average molecular weight is 315 g/mol. The lowest BCUT2D eigenvalue weighted by atomic mass is 10.0. The Morgan fingerprint density at radius 1 is 0.818 bits per heavy atom. The van der Waals surface area contributed by atoms with Crippen LogP contribution in [0.2, 0.25) is 0 Å². The summed E-state index contributed by atoms with van der Waals surface area (Å²) in [6.07, 6.45) is 14.3. The van der Waals surface area contributed by atoms with Crippen LogP contribution in [0.1, 0.15) is 84.5 Å². The second-order valence-corrected chi connectivity index (χ2v) is 7.35. The zero-order valence-corrected chi connectivity index (χ0v) is 15.8. The van der Waals surface area contributed by atoms with E-state index in [0.717, 1.165) is 12.8 Å². The van der Waals surface area contributed by atoms with E-state index in [9.17, 15) is 4.79 Å². The van der Waals surface area contributed by atoms with Crippen molar-refractivity contribution in [2.75, 3.05) is 27.7 Å². The first-order valence-electron chi connectivity index (χ1n) is 9.41. The standard InChI is InChI=1S/C19H40NO2/c1-6-8-9-10-11-12-13-14-15-16-17-18(20(3,4)5)19(21)22-7-2/h18H,6-17H2,1-5H3/q+1. The smallest absolute Gasteiger partial charge is 0.364 e. The number of likely N-dealkylation sites (N-methyl/N-ethyl adjacent to an activating group) is 1. The zero-order chi connectivity index (χ0) is 16.8. The molecule has 0 fully saturated rings. The highest BCUT2D eigenvalue weighted by atomic mass is 16.5. The zero-order valence-electron chi connectivity index (χ0n) is 15.8. The van der Waals surface area contributed by atoms with Crippen molar-refractivity contribution in [2.24, 2.45) is 0 Å². The molecule has 0 radical (unpaired) electrons. The molecule has 0 N–H and O–H groups in total. The van der Waals surface area contributed by atoms with Crippen molar-refractivity contribution in [3.05, 3.63) is 0 Å². The van der Waals surface area contributed by atoms with Gasteiger partial charge in [-0.05, 0) is 13.3 Å². The van der Waals surface area contributed by atoms with Crippen molar-refractivity contribution in [1.29, 1.82) is 0 Å². The van der Waals surface area contributed by atoms with Crippen LogP contribution in [0, 0.1) is 0 Å². The molecule has 0 amide bonds. The summed E-state index contributed by atoms with van der Waals surface area (Å²) < 4.78 is 5.88. The maximum Gasteiger partial charge on any atom is 0.364 e. The van der Waals surface area contributed by atoms with Crippen molar-refractivity contribution in [1.82, 2.24) is 0 Å². The van der Waals surface area contributed by atoms with Crippen molar-refractivity contribution in [3.8, 4) is 0 Å². The third-order valence-corrected chi connectivity index (χ3v) is 4.32. The third-order valence-electron chi connectivity index (χ3n) is 4.32. The lowest BCUT2D eigenvalue weighted by Gasteiger charge is -2.32. The highest BCUT2D eigenvalue weighted by Crippen LogP contribution is 2.16. The molecule has 0 bridgehead atoms. The number of quaternary nitrogens is 1. The maximum absolute atomic E-state index is 12.0. The van der Waals surface area contributed by atoms with Crippen LogP contribution in [0.5, 0.6) is 0 Å². The number of ether oxygens (including phenoxy) is 1. The predicted molar refractivity (Wildman–Crippen MR) is 94.9 cm³/mol. The maximum atomic E-state index is 12.0. The second-order valence-electron chi connectivity index (χ2n) is 7.35. The molecule has 0 aromatic heterocycles. The third kappa shape index (κ3) is 11.1. The number of hydrogen-bond donors (Lipinski definition) is 0. The highest BCUT2D eigenvalue weighted by molar-refractivity contribution is 5.74. The van der Waals surface area contributed by atoms with E-state index < -0.39 is 0 Å². The minimum atomic E-state index is -0.0362. The van der Waals surface area contributed by atoms with E-state index >= 15 is 0 Å². The number of unbranched alkanes of at least 4 members (excludes halogenated alkanes) is 9. The average Bonchev–Trinajstić information content (AvgIpc) is 2.43. The van der Waals surface area contributed by atoms with Crippen LogP contribution >= 0.6 is 0 Å². The summed E-state index contributed by atoms with van der Waals surface area (Å²) in [5, 5.41) is 0. The van der Waals surface area contributed by atoms with Gasteiger partial charge in [-0.3, -0.25) is 0 Å². The number of nitrogens with zero attached hydrogens (tertiary/aromatic N) is 1. The topological polar surface area (TPSA) is 26.3 Å². The summed E-state index contributed by atoms with van der Waals surface area (Å²) >= 11 is 0. The van der Waals surface area contributed by atoms with Gasteiger partial charge in [-0.1, -0.05) is 64.7 Å². The molecule has 0 aromatic carbocycles. The van der Waals surface area contributed by atoms with Crippen molar-refractivity contribution < 1.29 is 14.0 Å². The lowest BCUT2D eigenvalue weighted by molar-refractivity contribution is -0.887. The molecule has 22 heavy (non-hydrogen) atoms. The SMILES string of the molecule is CCCCCCCCCCCCC(C(=O)OCC)[N+](C)(C)C. The Balaban J connectivity index is 3.71. The van der Waals surface area contributed by atoms with Crippen LogP contribution in [0.4, 0.5) is 0 Å². The van der Waals surface area contributed by atoms with Gasteiger partial charge in [0.1, 0.15) is 0 Å². The number of carbonyl (C=O) groups is 1. The molecule has 0 rings (SSSR count). The van der Waals surface area contributed by atoms with Gasteiger partial charge < -0.3 is 9.22 Å². The summed E-state index contributed by atoms with van der Waals surface area (Å²) in [6.45, 7) is 4.62. The number of carbonyl (C=O) groups excluding carboxylic acids is 1. The Kier molecular flexibility index (Phi) is 12.6. The van der Waals surface area contributed by atoms with Crippen LogP contribution < -0.4 is 0 Å². The fourth-order valence-electron chi connectivity index (χ4n) is 2.88. The fourth-order valence-corrected chi connectivity index (χ4v) is 2.88. The van der Waals surface area contributed by atoms with Gasteiger partial charge in [0.25, 0.3) is 0 Å². The molecule has 0 saturated carbocycles. The summed E-state index contributed by atoms with van der Waals surface area (Å²) in [5.74, 6) is -0.0362. The van der Waals surface area contributed by atoms with Gasteiger partial charge in [-0.25, -0.2) is 4.79 Å². The van der Waals surface area contributed by atoms with Gasteiger partial charge in [0, 0.05) is 6.42 Å². The Hall–Kier alpha value is -0.570. The van der Waals surface area contributed by atoms with E-state index in [1.807, 2.05) is 6.92 Å². The quantitative estimate of drug-likeness (QED) is 0.258. The van der Waals surface area contributed by atoms with E-state index in [1.54, 1.807) is 0 Å². The minimum absolute atomic E-state index is 0.0195. The van der Waals surface area contributed by atoms with Gasteiger partial charge in [0.2, 0.25) is 0 Å². The molecule has 1 atom stereocenters. The number of esters is 1. The summed E-state index contributed by atoms with van der Waals surface area (Å²) in [7, 11) is 6.24. The molecule has 3 nitrogen and oxygen atoms in total. The van der Waals surface area contributed by atoms with Crippen LogP contribution in [-0.4, -0.2) is 44.2 Å². The van der Waals surface area contributed by atoms with Gasteiger partial charge in [0.15, 0.2) is 6.04 Å². The van der Waals surface area contributed by atoms with Gasteiger partial charge in [-0.2, -0.15) is 0 Å². The first-order valence-corrected chi connectivity index (χ1v) is 9.41. The highest BCUT2D eigenvalue weighted by Gasteiger charge is 2.32. The van der Waals surface area contributed by atoms with Crippen LogP contribution in [0.15, 0.2) is 0 Å². The van der Waals surface area contributed by atoms with E-state index in [4.69, 9.17) is 4.74 Å². The Bertz CT molecular complexity index is 271. The van der Waals surface area contributed by atoms with Crippen LogP contribution in [-0.2, 0) is 9.53 Å². The van der Waals surface area contributed by atoms with Gasteiger partial charge in [-0.15, -0.1) is 0 Å². The molecule has 0 aliphatic rings. The van der Waals surface area contributed by atoms with Crippen LogP contribution in [0.25, 0.3) is 0 Å². The molecule has 0 saturated heterocycles. The summed E-state index contributed by atoms with van der Waals surface area (Å²) in [6, 6.07) is -0.0195. The summed E-state index contributed by atoms with van der Waals surface area (Å²) in [4.78, 5) is 12.0. The first kappa shape index (κ1) is 21.4. The van der Waals surface area contributed by atoms with Crippen LogP contribution in [0.3, 0.4) is 0 Å². The number of rotatable bonds is 14. The second kappa shape index (κ2) is 12.9. The van der Waals surface area contributed by atoms with Gasteiger partial charge >= 0.3 is 5.97 Å². The van der Waals surface area contributed by atoms with Gasteiger partial charge in [0.05, 0.1) is 27.7 Å². The largest absolute Gasteiger partial charge is 0.462 e. The Morgan fingerprint density at radius 3 is 1.68 bits per heavy atom. The molecule has 0 spiro atoms. The summed E-state index contributed by atoms with van der Waals surface area (Å²) in [5.41, 5.74) is 0. The molecule has 1 unspecified atom stereocenters. The minimum Gasteiger partial charge on any atom is -0.462 e. The van der Waals surface area contributed by atoms with E-state index in [0.29, 0.717) is 11.1 Å². The molecule has 0 aromatic rings. The molecule has 3 heteroatoms.